The fraction of sp³-hybridized carbons (Fsp3) is 0.286. The van der Waals surface area contributed by atoms with E-state index >= 15 is 0 Å². The molecule has 1 heterocycles. The highest BCUT2D eigenvalue weighted by Crippen LogP contribution is 2.16. The number of benzene rings is 1. The van der Waals surface area contributed by atoms with Gasteiger partial charge in [0.2, 0.25) is 0 Å². The van der Waals surface area contributed by atoms with Gasteiger partial charge in [0.25, 0.3) is 0 Å². The minimum absolute atomic E-state index is 0.261. The molecule has 1 unspecified atom stereocenters. The zero-order valence-corrected chi connectivity index (χ0v) is 11.2. The van der Waals surface area contributed by atoms with Crippen LogP contribution in [0.15, 0.2) is 41.8 Å². The van der Waals surface area contributed by atoms with E-state index in [1.807, 2.05) is 12.1 Å². The van der Waals surface area contributed by atoms with Crippen LogP contribution >= 0.6 is 11.3 Å². The monoisotopic (exact) mass is 262 g/mol. The smallest absolute Gasteiger partial charge is 0.118 e. The molecule has 0 radical (unpaired) electrons. The molecular formula is C14H18N2OS. The van der Waals surface area contributed by atoms with Crippen LogP contribution in [0.3, 0.4) is 0 Å². The Morgan fingerprint density at radius 1 is 1.22 bits per heavy atom. The summed E-state index contributed by atoms with van der Waals surface area (Å²) in [4.78, 5) is 1.35. The van der Waals surface area contributed by atoms with Gasteiger partial charge in [0.15, 0.2) is 0 Å². The Kier molecular flexibility index (Phi) is 4.75. The minimum atomic E-state index is 0.261. The average molecular weight is 262 g/mol. The number of hydrogen-bond acceptors (Lipinski definition) is 4. The summed E-state index contributed by atoms with van der Waals surface area (Å²) in [5.41, 5.74) is 4.15. The zero-order valence-electron chi connectivity index (χ0n) is 10.4. The minimum Gasteiger partial charge on any atom is -0.497 e. The van der Waals surface area contributed by atoms with Crippen LogP contribution in [0.2, 0.25) is 0 Å². The Morgan fingerprint density at radius 3 is 2.56 bits per heavy atom. The molecule has 0 amide bonds. The molecule has 0 aliphatic heterocycles. The van der Waals surface area contributed by atoms with E-state index in [2.05, 4.69) is 35.1 Å². The normalized spacial score (nSPS) is 12.3. The summed E-state index contributed by atoms with van der Waals surface area (Å²) in [5.74, 6) is 6.51. The van der Waals surface area contributed by atoms with E-state index in [0.29, 0.717) is 0 Å². The van der Waals surface area contributed by atoms with E-state index in [4.69, 9.17) is 10.6 Å². The van der Waals surface area contributed by atoms with Crippen LogP contribution in [0, 0.1) is 0 Å². The maximum Gasteiger partial charge on any atom is 0.118 e. The van der Waals surface area contributed by atoms with Gasteiger partial charge in [-0.2, -0.15) is 0 Å². The lowest BCUT2D eigenvalue weighted by atomic mass is 10.0. The van der Waals surface area contributed by atoms with E-state index in [0.717, 1.165) is 18.6 Å². The first-order valence-electron chi connectivity index (χ1n) is 5.93. The molecule has 0 saturated heterocycles. The van der Waals surface area contributed by atoms with Crippen LogP contribution in [-0.4, -0.2) is 13.2 Å². The topological polar surface area (TPSA) is 47.3 Å². The molecule has 1 atom stereocenters. The first kappa shape index (κ1) is 13.1. The van der Waals surface area contributed by atoms with Crippen LogP contribution in [0.25, 0.3) is 0 Å². The molecule has 0 aliphatic rings. The molecule has 3 nitrogen and oxygen atoms in total. The highest BCUT2D eigenvalue weighted by Gasteiger charge is 2.09. The van der Waals surface area contributed by atoms with Crippen LogP contribution < -0.4 is 16.0 Å². The van der Waals surface area contributed by atoms with Crippen molar-refractivity contribution in [3.8, 4) is 5.75 Å². The summed E-state index contributed by atoms with van der Waals surface area (Å²) in [6.45, 7) is 0. The maximum absolute atomic E-state index is 5.62. The maximum atomic E-state index is 5.62. The van der Waals surface area contributed by atoms with Crippen molar-refractivity contribution in [1.82, 2.24) is 5.43 Å². The van der Waals surface area contributed by atoms with Crippen molar-refractivity contribution in [2.75, 3.05) is 7.11 Å². The molecule has 0 saturated carbocycles. The number of thiophene rings is 1. The van der Waals surface area contributed by atoms with E-state index in [-0.39, 0.29) is 6.04 Å². The van der Waals surface area contributed by atoms with Gasteiger partial charge in [-0.25, -0.2) is 0 Å². The molecule has 96 valence electrons. The number of hydrazine groups is 1. The molecule has 18 heavy (non-hydrogen) atoms. The van der Waals surface area contributed by atoms with Crippen LogP contribution in [0.4, 0.5) is 0 Å². The van der Waals surface area contributed by atoms with Crippen LogP contribution in [0.5, 0.6) is 5.75 Å². The number of ether oxygens (including phenoxy) is 1. The standard InChI is InChI=1S/C14H18N2OS/c1-17-13-6-4-11(5-7-13)9-12(16-15)10-14-3-2-8-18-14/h2-8,12,16H,9-10,15H2,1H3. The Morgan fingerprint density at radius 2 is 2.00 bits per heavy atom. The van der Waals surface area contributed by atoms with Crippen molar-refractivity contribution in [2.24, 2.45) is 5.84 Å². The van der Waals surface area contributed by atoms with Gasteiger partial charge in [-0.15, -0.1) is 11.3 Å². The van der Waals surface area contributed by atoms with Gasteiger partial charge in [0, 0.05) is 10.9 Å². The number of nitrogens with two attached hydrogens (primary N) is 1. The first-order valence-corrected chi connectivity index (χ1v) is 6.81. The molecule has 0 bridgehead atoms. The SMILES string of the molecule is COc1ccc(CC(Cc2cccs2)NN)cc1. The Balaban J connectivity index is 1.96. The van der Waals surface area contributed by atoms with Gasteiger partial charge in [0.05, 0.1) is 7.11 Å². The largest absolute Gasteiger partial charge is 0.497 e. The second-order valence-corrected chi connectivity index (χ2v) is 5.23. The summed E-state index contributed by atoms with van der Waals surface area (Å²) < 4.78 is 5.15. The van der Waals surface area contributed by atoms with Crippen molar-refractivity contribution in [2.45, 2.75) is 18.9 Å². The predicted molar refractivity (Wildman–Crippen MR) is 75.8 cm³/mol. The predicted octanol–water partition coefficient (Wildman–Crippen LogP) is 2.37. The second kappa shape index (κ2) is 6.54. The number of rotatable bonds is 6. The van der Waals surface area contributed by atoms with Gasteiger partial charge >= 0.3 is 0 Å². The molecule has 0 spiro atoms. The molecule has 0 aliphatic carbocycles. The number of methoxy groups -OCH3 is 1. The lowest BCUT2D eigenvalue weighted by Gasteiger charge is -2.15. The Hall–Kier alpha value is -1.36. The third-order valence-electron chi connectivity index (χ3n) is 2.90. The third-order valence-corrected chi connectivity index (χ3v) is 3.80. The van der Waals surface area contributed by atoms with Gasteiger partial charge in [-0.05, 0) is 42.0 Å². The van der Waals surface area contributed by atoms with E-state index in [9.17, 15) is 0 Å². The fourth-order valence-corrected chi connectivity index (χ4v) is 2.69. The molecular weight excluding hydrogens is 244 g/mol. The van der Waals surface area contributed by atoms with Crippen molar-refractivity contribution in [3.05, 3.63) is 52.2 Å². The quantitative estimate of drug-likeness (QED) is 0.620. The lowest BCUT2D eigenvalue weighted by molar-refractivity contribution is 0.414. The summed E-state index contributed by atoms with van der Waals surface area (Å²) in [6, 6.07) is 12.6. The van der Waals surface area contributed by atoms with E-state index in [1.165, 1.54) is 10.4 Å². The highest BCUT2D eigenvalue weighted by atomic mass is 32.1. The van der Waals surface area contributed by atoms with E-state index in [1.54, 1.807) is 18.4 Å². The van der Waals surface area contributed by atoms with Crippen LogP contribution in [-0.2, 0) is 12.8 Å². The lowest BCUT2D eigenvalue weighted by Crippen LogP contribution is -2.38. The van der Waals surface area contributed by atoms with E-state index < -0.39 is 0 Å². The molecule has 2 rings (SSSR count). The average Bonchev–Trinajstić information content (AvgIpc) is 2.91. The van der Waals surface area contributed by atoms with Gasteiger partial charge in [-0.3, -0.25) is 11.3 Å². The second-order valence-electron chi connectivity index (χ2n) is 4.20. The highest BCUT2D eigenvalue weighted by molar-refractivity contribution is 7.09. The van der Waals surface area contributed by atoms with Gasteiger partial charge in [-0.1, -0.05) is 18.2 Å². The van der Waals surface area contributed by atoms with Crippen LogP contribution in [0.1, 0.15) is 10.4 Å². The molecule has 1 aromatic heterocycles. The Labute approximate surface area is 112 Å². The fourth-order valence-electron chi connectivity index (χ4n) is 1.91. The number of hydrogen-bond donors (Lipinski definition) is 2. The third kappa shape index (κ3) is 3.57. The molecule has 2 aromatic rings. The summed E-state index contributed by atoms with van der Waals surface area (Å²) in [5, 5.41) is 2.09. The van der Waals surface area contributed by atoms with Crippen molar-refractivity contribution >= 4 is 11.3 Å². The van der Waals surface area contributed by atoms with Crippen molar-refractivity contribution in [3.63, 3.8) is 0 Å². The van der Waals surface area contributed by atoms with Gasteiger partial charge < -0.3 is 4.74 Å². The molecule has 3 N–H and O–H groups in total. The molecule has 0 fully saturated rings. The molecule has 1 aromatic carbocycles. The first-order chi connectivity index (χ1) is 8.81. The Bertz CT molecular complexity index is 453. The number of nitrogens with one attached hydrogen (secondary N) is 1. The summed E-state index contributed by atoms with van der Waals surface area (Å²) in [7, 11) is 1.68. The van der Waals surface area contributed by atoms with Crippen molar-refractivity contribution < 1.29 is 4.74 Å². The van der Waals surface area contributed by atoms with Gasteiger partial charge in [0.1, 0.15) is 5.75 Å². The molecule has 4 heteroatoms. The summed E-state index contributed by atoms with van der Waals surface area (Å²) in [6.07, 6.45) is 1.87. The van der Waals surface area contributed by atoms with Crippen molar-refractivity contribution in [1.29, 1.82) is 0 Å². The summed E-state index contributed by atoms with van der Waals surface area (Å²) >= 11 is 1.77. The zero-order chi connectivity index (χ0) is 12.8.